The molecule has 0 aliphatic carbocycles. The maximum Gasteiger partial charge on any atom is 0.313 e. The molecule has 1 aromatic rings. The van der Waals surface area contributed by atoms with Crippen molar-refractivity contribution in [1.82, 2.24) is 8.75 Å². The number of nitrogens with zero attached hydrogens (tertiary/aromatic N) is 3. The average Bonchev–Trinajstić information content (AvgIpc) is 3.26. The number of rotatable bonds is 11. The number of aromatic nitrogens is 2. The lowest BCUT2D eigenvalue weighted by atomic mass is 9.99. The fourth-order valence-electron chi connectivity index (χ4n) is 4.76. The number of hydrogen-bond acceptors (Lipinski definition) is 7. The van der Waals surface area contributed by atoms with Crippen molar-refractivity contribution in [2.45, 2.75) is 71.9 Å². The first kappa shape index (κ1) is 25.1. The van der Waals surface area contributed by atoms with Crippen LogP contribution in [0.2, 0.25) is 0 Å². The maximum absolute atomic E-state index is 12.9. The fraction of sp³-hybridized carbons (Fsp3) is 0.792. The normalized spacial score (nSPS) is 23.1. The zero-order valence-corrected chi connectivity index (χ0v) is 21.0. The minimum Gasteiger partial charge on any atom is -0.475 e. The summed E-state index contributed by atoms with van der Waals surface area (Å²) in [5.74, 6) is 0.734. The first-order valence-corrected chi connectivity index (χ1v) is 12.9. The first-order valence-electron chi connectivity index (χ1n) is 12.2. The van der Waals surface area contributed by atoms with E-state index in [4.69, 9.17) is 14.2 Å². The van der Waals surface area contributed by atoms with Crippen LogP contribution in [0.25, 0.3) is 5.57 Å². The van der Waals surface area contributed by atoms with E-state index in [1.54, 1.807) is 0 Å². The number of esters is 1. The summed E-state index contributed by atoms with van der Waals surface area (Å²) in [7, 11) is 2.19. The number of carbonyl (C=O) groups excluding carboxylic acids is 1. The van der Waals surface area contributed by atoms with Gasteiger partial charge in [-0.15, -0.1) is 4.37 Å². The molecule has 3 rings (SSSR count). The Kier molecular flexibility index (Phi) is 9.49. The molecular formula is C24H40N3O4S+. The summed E-state index contributed by atoms with van der Waals surface area (Å²) in [5, 5.41) is 0. The molecule has 7 nitrogen and oxygen atoms in total. The predicted octanol–water partition coefficient (Wildman–Crippen LogP) is 4.68. The lowest BCUT2D eigenvalue weighted by Crippen LogP contribution is -2.59. The predicted molar refractivity (Wildman–Crippen MR) is 126 cm³/mol. The Labute approximate surface area is 197 Å². The van der Waals surface area contributed by atoms with Gasteiger partial charge in [0, 0.05) is 31.1 Å². The van der Waals surface area contributed by atoms with Gasteiger partial charge < -0.3 is 14.2 Å². The van der Waals surface area contributed by atoms with Gasteiger partial charge in [0.2, 0.25) is 6.23 Å². The van der Waals surface area contributed by atoms with Gasteiger partial charge in [0.1, 0.15) is 12.2 Å². The molecule has 1 aromatic heterocycles. The number of unbranched alkanes of at least 4 members (excludes halogenated alkanes) is 3. The topological polar surface area (TPSA) is 70.5 Å². The number of quaternary nitrogens is 1. The molecule has 3 heterocycles. The zero-order chi connectivity index (χ0) is 23.0. The monoisotopic (exact) mass is 466 g/mol. The maximum atomic E-state index is 12.9. The van der Waals surface area contributed by atoms with Gasteiger partial charge in [0.15, 0.2) is 0 Å². The molecule has 1 saturated heterocycles. The highest BCUT2D eigenvalue weighted by atomic mass is 32.1. The Morgan fingerprint density at radius 2 is 2.03 bits per heavy atom. The van der Waals surface area contributed by atoms with Crippen LogP contribution in [-0.2, 0) is 14.3 Å². The van der Waals surface area contributed by atoms with E-state index in [0.29, 0.717) is 30.2 Å². The molecule has 0 bridgehead atoms. The summed E-state index contributed by atoms with van der Waals surface area (Å²) in [6.45, 7) is 10.1. The molecule has 0 spiro atoms. The van der Waals surface area contributed by atoms with Crippen molar-refractivity contribution in [3.8, 4) is 5.88 Å². The second-order valence-corrected chi connectivity index (χ2v) is 10.2. The van der Waals surface area contributed by atoms with Crippen molar-refractivity contribution in [3.05, 3.63) is 11.8 Å². The molecule has 2 aliphatic heterocycles. The van der Waals surface area contributed by atoms with Gasteiger partial charge in [-0.2, -0.15) is 4.37 Å². The van der Waals surface area contributed by atoms with Crippen LogP contribution in [0.3, 0.4) is 0 Å². The van der Waals surface area contributed by atoms with Crippen molar-refractivity contribution in [3.63, 3.8) is 0 Å². The van der Waals surface area contributed by atoms with E-state index < -0.39 is 0 Å². The standard InChI is InChI=1S/C24H40N3O4S/c1-5-6-7-8-14-30-22-21(25-32-26-22)20-10-9-13-27(4,17-20)23(18(2)3)31-24(28)19-11-15-29-16-12-19/h10,18-19,23H,5-9,11-17H2,1-4H3/q+1. The summed E-state index contributed by atoms with van der Waals surface area (Å²) in [4.78, 5) is 12.9. The highest BCUT2D eigenvalue weighted by molar-refractivity contribution is 6.99. The highest BCUT2D eigenvalue weighted by Crippen LogP contribution is 2.34. The van der Waals surface area contributed by atoms with Crippen LogP contribution in [0.4, 0.5) is 0 Å². The molecule has 2 atom stereocenters. The van der Waals surface area contributed by atoms with Gasteiger partial charge in [0.25, 0.3) is 5.88 Å². The number of likely N-dealkylation sites (N-methyl/N-ethyl adjacent to an activating group) is 1. The van der Waals surface area contributed by atoms with Gasteiger partial charge in [-0.3, -0.25) is 9.28 Å². The number of carbonyl (C=O) groups is 1. The highest BCUT2D eigenvalue weighted by Gasteiger charge is 2.42. The lowest BCUT2D eigenvalue weighted by molar-refractivity contribution is -0.950. The summed E-state index contributed by atoms with van der Waals surface area (Å²) < 4.78 is 27.2. The van der Waals surface area contributed by atoms with Crippen molar-refractivity contribution < 1.29 is 23.5 Å². The van der Waals surface area contributed by atoms with E-state index in [-0.39, 0.29) is 24.0 Å². The molecule has 0 aromatic carbocycles. The van der Waals surface area contributed by atoms with E-state index in [0.717, 1.165) is 50.0 Å². The molecular weight excluding hydrogens is 426 g/mol. The SMILES string of the molecule is CCCCCCOc1nsnc1C1=CCC[N+](C)(C(OC(=O)C2CCOCC2)C(C)C)C1. The summed E-state index contributed by atoms with van der Waals surface area (Å²) in [6.07, 6.45) is 9.13. The van der Waals surface area contributed by atoms with Crippen molar-refractivity contribution in [2.75, 3.05) is 40.0 Å². The van der Waals surface area contributed by atoms with E-state index in [1.807, 2.05) is 0 Å². The van der Waals surface area contributed by atoms with E-state index in [9.17, 15) is 4.79 Å². The molecule has 1 fully saturated rings. The molecule has 180 valence electrons. The zero-order valence-electron chi connectivity index (χ0n) is 20.2. The molecule has 0 saturated carbocycles. The summed E-state index contributed by atoms with van der Waals surface area (Å²) in [6, 6.07) is 0. The minimum absolute atomic E-state index is 0.0492. The van der Waals surface area contributed by atoms with Crippen molar-refractivity contribution >= 4 is 23.3 Å². The van der Waals surface area contributed by atoms with Crippen LogP contribution < -0.4 is 4.74 Å². The smallest absolute Gasteiger partial charge is 0.313 e. The molecule has 2 aliphatic rings. The Hall–Kier alpha value is -1.51. The summed E-state index contributed by atoms with van der Waals surface area (Å²) >= 11 is 1.20. The van der Waals surface area contributed by atoms with Crippen LogP contribution in [-0.4, -0.2) is 65.4 Å². The number of ether oxygens (including phenoxy) is 3. The van der Waals surface area contributed by atoms with Crippen LogP contribution in [0.5, 0.6) is 5.88 Å². The van der Waals surface area contributed by atoms with E-state index in [1.165, 1.54) is 31.0 Å². The molecule has 0 radical (unpaired) electrons. The Morgan fingerprint density at radius 1 is 1.25 bits per heavy atom. The van der Waals surface area contributed by atoms with Crippen LogP contribution in [0.1, 0.15) is 71.4 Å². The van der Waals surface area contributed by atoms with Crippen molar-refractivity contribution in [2.24, 2.45) is 11.8 Å². The Bertz CT molecular complexity index is 760. The van der Waals surface area contributed by atoms with Gasteiger partial charge in [0.05, 0.1) is 37.8 Å². The summed E-state index contributed by atoms with van der Waals surface area (Å²) in [5.41, 5.74) is 2.00. The van der Waals surface area contributed by atoms with Crippen LogP contribution in [0.15, 0.2) is 6.08 Å². The Balaban J connectivity index is 1.66. The third-order valence-corrected chi connectivity index (χ3v) is 7.05. The molecule has 0 N–H and O–H groups in total. The van der Waals surface area contributed by atoms with Crippen LogP contribution in [0, 0.1) is 11.8 Å². The second kappa shape index (κ2) is 12.1. The van der Waals surface area contributed by atoms with E-state index in [2.05, 4.69) is 42.6 Å². The van der Waals surface area contributed by atoms with Gasteiger partial charge >= 0.3 is 5.97 Å². The lowest BCUT2D eigenvalue weighted by Gasteiger charge is -2.44. The minimum atomic E-state index is -0.195. The van der Waals surface area contributed by atoms with Crippen molar-refractivity contribution in [1.29, 1.82) is 0 Å². The van der Waals surface area contributed by atoms with Crippen LogP contribution >= 0.6 is 11.7 Å². The second-order valence-electron chi connectivity index (χ2n) is 9.66. The van der Waals surface area contributed by atoms with Gasteiger partial charge in [-0.05, 0) is 19.3 Å². The molecule has 2 unspecified atom stereocenters. The fourth-order valence-corrected chi connectivity index (χ4v) is 5.29. The number of hydrogen-bond donors (Lipinski definition) is 0. The third-order valence-electron chi connectivity index (χ3n) is 6.54. The molecule has 0 amide bonds. The molecule has 8 heteroatoms. The van der Waals surface area contributed by atoms with Gasteiger partial charge in [-0.1, -0.05) is 46.1 Å². The first-order chi connectivity index (χ1) is 15.4. The Morgan fingerprint density at radius 3 is 2.75 bits per heavy atom. The van der Waals surface area contributed by atoms with Gasteiger partial charge in [-0.25, -0.2) is 0 Å². The quantitative estimate of drug-likeness (QED) is 0.268. The molecule has 32 heavy (non-hydrogen) atoms. The van der Waals surface area contributed by atoms with E-state index >= 15 is 0 Å². The largest absolute Gasteiger partial charge is 0.475 e. The average molecular weight is 467 g/mol. The third kappa shape index (κ3) is 6.51.